The predicted molar refractivity (Wildman–Crippen MR) is 106 cm³/mol. The number of amides is 2. The van der Waals surface area contributed by atoms with Gasteiger partial charge in [-0.1, -0.05) is 31.5 Å². The number of benzene rings is 1. The third-order valence-electron chi connectivity index (χ3n) is 5.42. The number of fused-ring (bicyclic) bond motifs is 3. The molecule has 1 aromatic carbocycles. The van der Waals surface area contributed by atoms with Crippen molar-refractivity contribution in [1.29, 1.82) is 0 Å². The summed E-state index contributed by atoms with van der Waals surface area (Å²) in [5.41, 5.74) is 2.12. The number of unbranched alkanes of at least 4 members (excludes halogenated alkanes) is 1. The molecule has 0 spiro atoms. The fourth-order valence-corrected chi connectivity index (χ4v) is 3.91. The van der Waals surface area contributed by atoms with Crippen molar-refractivity contribution in [2.75, 3.05) is 31.1 Å². The van der Waals surface area contributed by atoms with E-state index in [0.717, 1.165) is 42.8 Å². The number of anilines is 1. The van der Waals surface area contributed by atoms with Gasteiger partial charge in [-0.05, 0) is 31.0 Å². The van der Waals surface area contributed by atoms with Gasteiger partial charge in [0.05, 0.1) is 6.04 Å². The van der Waals surface area contributed by atoms with E-state index in [9.17, 15) is 9.59 Å². The zero-order chi connectivity index (χ0) is 19.5. The van der Waals surface area contributed by atoms with Gasteiger partial charge < -0.3 is 15.1 Å². The molecule has 1 unspecified atom stereocenters. The van der Waals surface area contributed by atoms with E-state index in [1.54, 1.807) is 0 Å². The predicted octanol–water partition coefficient (Wildman–Crippen LogP) is 1.89. The van der Waals surface area contributed by atoms with E-state index in [-0.39, 0.29) is 17.9 Å². The van der Waals surface area contributed by atoms with Crippen molar-refractivity contribution in [3.05, 3.63) is 53.2 Å². The molecule has 4 rings (SSSR count). The van der Waals surface area contributed by atoms with Crippen LogP contribution < -0.4 is 10.2 Å². The van der Waals surface area contributed by atoms with Gasteiger partial charge in [0.15, 0.2) is 11.5 Å². The summed E-state index contributed by atoms with van der Waals surface area (Å²) in [5.74, 6) is 0.745. The maximum atomic E-state index is 12.8. The van der Waals surface area contributed by atoms with Gasteiger partial charge in [0, 0.05) is 37.3 Å². The largest absolute Gasteiger partial charge is 0.351 e. The van der Waals surface area contributed by atoms with Crippen molar-refractivity contribution < 1.29 is 9.59 Å². The van der Waals surface area contributed by atoms with Crippen LogP contribution in [0.1, 0.15) is 46.2 Å². The van der Waals surface area contributed by atoms with Crippen LogP contribution in [-0.2, 0) is 6.42 Å². The second kappa shape index (κ2) is 7.96. The van der Waals surface area contributed by atoms with Crippen molar-refractivity contribution >= 4 is 17.6 Å². The van der Waals surface area contributed by atoms with Gasteiger partial charge in [0.1, 0.15) is 0 Å². The van der Waals surface area contributed by atoms with Gasteiger partial charge in [-0.25, -0.2) is 0 Å². The lowest BCUT2D eigenvalue weighted by atomic mass is 10.1. The lowest BCUT2D eigenvalue weighted by Crippen LogP contribution is -2.53. The van der Waals surface area contributed by atoms with E-state index in [4.69, 9.17) is 0 Å². The van der Waals surface area contributed by atoms with Gasteiger partial charge in [0.25, 0.3) is 11.8 Å². The second-order valence-corrected chi connectivity index (χ2v) is 7.36. The molecule has 1 N–H and O–H groups in total. The Morgan fingerprint density at radius 1 is 1.18 bits per heavy atom. The lowest BCUT2D eigenvalue weighted by Gasteiger charge is -2.38. The molecule has 2 aromatic rings. The summed E-state index contributed by atoms with van der Waals surface area (Å²) in [4.78, 5) is 29.1. The molecular formula is C21H25N5O2. The van der Waals surface area contributed by atoms with Crippen LogP contribution in [0.25, 0.3) is 0 Å². The molecule has 146 valence electrons. The number of carbonyl (C=O) groups is 2. The Kier molecular flexibility index (Phi) is 5.23. The van der Waals surface area contributed by atoms with Gasteiger partial charge in [-0.2, -0.15) is 0 Å². The zero-order valence-corrected chi connectivity index (χ0v) is 16.1. The molecule has 1 aromatic heterocycles. The minimum Gasteiger partial charge on any atom is -0.351 e. The van der Waals surface area contributed by atoms with E-state index in [1.165, 1.54) is 0 Å². The Hall–Kier alpha value is -2.96. The summed E-state index contributed by atoms with van der Waals surface area (Å²) >= 11 is 0. The molecule has 7 nitrogen and oxygen atoms in total. The average Bonchev–Trinajstić information content (AvgIpc) is 3.10. The molecule has 0 aliphatic carbocycles. The highest BCUT2D eigenvalue weighted by molar-refractivity contribution is 5.94. The van der Waals surface area contributed by atoms with Crippen molar-refractivity contribution in [3.63, 3.8) is 0 Å². The molecule has 0 radical (unpaired) electrons. The third-order valence-corrected chi connectivity index (χ3v) is 5.42. The highest BCUT2D eigenvalue weighted by Crippen LogP contribution is 2.32. The molecule has 2 aliphatic heterocycles. The van der Waals surface area contributed by atoms with Crippen molar-refractivity contribution in [2.45, 2.75) is 32.2 Å². The summed E-state index contributed by atoms with van der Waals surface area (Å²) < 4.78 is 0. The summed E-state index contributed by atoms with van der Waals surface area (Å²) in [5, 5.41) is 11.4. The van der Waals surface area contributed by atoms with Crippen LogP contribution in [0, 0.1) is 0 Å². The topological polar surface area (TPSA) is 78.4 Å². The van der Waals surface area contributed by atoms with Crippen LogP contribution in [0.4, 0.5) is 5.82 Å². The third kappa shape index (κ3) is 3.56. The monoisotopic (exact) mass is 379 g/mol. The Labute approximate surface area is 164 Å². The minimum absolute atomic E-state index is 0.0679. The average molecular weight is 379 g/mol. The van der Waals surface area contributed by atoms with Crippen molar-refractivity contribution in [2.24, 2.45) is 0 Å². The molecule has 7 heteroatoms. The number of carbonyl (C=O) groups excluding carboxylic acids is 2. The van der Waals surface area contributed by atoms with E-state index in [0.29, 0.717) is 25.3 Å². The van der Waals surface area contributed by atoms with Gasteiger partial charge >= 0.3 is 0 Å². The number of nitrogens with one attached hydrogen (secondary N) is 1. The van der Waals surface area contributed by atoms with Crippen LogP contribution in [0.2, 0.25) is 0 Å². The highest BCUT2D eigenvalue weighted by Gasteiger charge is 2.37. The molecule has 3 heterocycles. The summed E-state index contributed by atoms with van der Waals surface area (Å²) in [6.45, 7) is 4.78. The first-order valence-corrected chi connectivity index (χ1v) is 9.93. The number of piperazine rings is 1. The number of nitrogens with zero attached hydrogens (tertiary/aromatic N) is 4. The smallest absolute Gasteiger partial charge is 0.271 e. The molecule has 2 aliphatic rings. The van der Waals surface area contributed by atoms with Crippen molar-refractivity contribution in [3.8, 4) is 0 Å². The number of hydrogen-bond donors (Lipinski definition) is 1. The number of hydrogen-bond acceptors (Lipinski definition) is 5. The Morgan fingerprint density at radius 3 is 2.79 bits per heavy atom. The van der Waals surface area contributed by atoms with Gasteiger partial charge in [-0.15, -0.1) is 10.2 Å². The Morgan fingerprint density at radius 2 is 2.00 bits per heavy atom. The van der Waals surface area contributed by atoms with Crippen LogP contribution in [0.5, 0.6) is 0 Å². The quantitative estimate of drug-likeness (QED) is 0.803. The SMILES string of the molecule is CCCCNC(=O)c1cc2c(nn1)N1CCN(C(=O)c3ccccc3)CC1C2. The number of rotatable bonds is 5. The van der Waals surface area contributed by atoms with E-state index in [2.05, 4.69) is 27.3 Å². The molecule has 1 atom stereocenters. The normalized spacial score (nSPS) is 17.8. The molecule has 28 heavy (non-hydrogen) atoms. The molecule has 1 fully saturated rings. The molecule has 2 amide bonds. The summed E-state index contributed by atoms with van der Waals surface area (Å²) in [6.07, 6.45) is 2.76. The standard InChI is InChI=1S/C21H25N5O2/c1-2-3-9-22-20(27)18-13-16-12-17-14-25(10-11-26(17)19(16)24-23-18)21(28)15-7-5-4-6-8-15/h4-8,13,17H,2-3,9-12,14H2,1H3,(H,22,27). The van der Waals surface area contributed by atoms with Gasteiger partial charge in [0.2, 0.25) is 0 Å². The second-order valence-electron chi connectivity index (χ2n) is 7.36. The van der Waals surface area contributed by atoms with Crippen LogP contribution in [0.3, 0.4) is 0 Å². The van der Waals surface area contributed by atoms with E-state index in [1.807, 2.05) is 41.3 Å². The fraction of sp³-hybridized carbons (Fsp3) is 0.429. The Bertz CT molecular complexity index is 870. The first-order valence-electron chi connectivity index (χ1n) is 9.93. The number of aromatic nitrogens is 2. The van der Waals surface area contributed by atoms with E-state index >= 15 is 0 Å². The minimum atomic E-state index is -0.172. The van der Waals surface area contributed by atoms with Crippen molar-refractivity contribution in [1.82, 2.24) is 20.4 Å². The first-order chi connectivity index (χ1) is 13.7. The van der Waals surface area contributed by atoms with Crippen LogP contribution >= 0.6 is 0 Å². The molecule has 0 saturated carbocycles. The summed E-state index contributed by atoms with van der Waals surface area (Å²) in [6, 6.07) is 11.4. The van der Waals surface area contributed by atoms with Crippen LogP contribution in [-0.4, -0.2) is 59.1 Å². The van der Waals surface area contributed by atoms with Crippen LogP contribution in [0.15, 0.2) is 36.4 Å². The maximum Gasteiger partial charge on any atom is 0.271 e. The van der Waals surface area contributed by atoms with Gasteiger partial charge in [-0.3, -0.25) is 9.59 Å². The molecule has 1 saturated heterocycles. The molecule has 0 bridgehead atoms. The molecular weight excluding hydrogens is 354 g/mol. The lowest BCUT2D eigenvalue weighted by molar-refractivity contribution is 0.0724. The zero-order valence-electron chi connectivity index (χ0n) is 16.1. The van der Waals surface area contributed by atoms with E-state index < -0.39 is 0 Å². The maximum absolute atomic E-state index is 12.8. The Balaban J connectivity index is 1.44. The fourth-order valence-electron chi connectivity index (χ4n) is 3.91. The first kappa shape index (κ1) is 18.4. The summed E-state index contributed by atoms with van der Waals surface area (Å²) in [7, 11) is 0. The highest BCUT2D eigenvalue weighted by atomic mass is 16.2.